The summed E-state index contributed by atoms with van der Waals surface area (Å²) in [5.74, 6) is 0.0898. The first-order chi connectivity index (χ1) is 13.4. The Balaban J connectivity index is 1.73. The monoisotopic (exact) mass is 409 g/mol. The van der Waals surface area contributed by atoms with Crippen molar-refractivity contribution in [1.29, 1.82) is 0 Å². The molecule has 0 saturated heterocycles. The number of aromatic nitrogens is 1. The third-order valence-electron chi connectivity index (χ3n) is 5.23. The summed E-state index contributed by atoms with van der Waals surface area (Å²) < 4.78 is 18.8. The number of aliphatic hydroxyl groups is 1. The van der Waals surface area contributed by atoms with E-state index in [2.05, 4.69) is 29.5 Å². The summed E-state index contributed by atoms with van der Waals surface area (Å²) in [6.07, 6.45) is 6.16. The third kappa shape index (κ3) is 8.66. The highest BCUT2D eigenvalue weighted by atomic mass is 19.1. The standard InChI is InChI=1S/C22H36FN3O3/c1-21(2,3)26-20(28)29-18-8-6-15(7-9-18)11-22(4,5)25-14-19(27)16-10-17(23)13-24-12-16/h10,12-13,15,18-19,25,27H,6-9,11,14H2,1-5H3,(H,26,28)/t15?,18?,19-/m0/s1. The second kappa shape index (κ2) is 9.85. The zero-order valence-corrected chi connectivity index (χ0v) is 18.3. The summed E-state index contributed by atoms with van der Waals surface area (Å²) in [5, 5.41) is 16.5. The fourth-order valence-electron chi connectivity index (χ4n) is 3.84. The van der Waals surface area contributed by atoms with Crippen LogP contribution in [0.25, 0.3) is 0 Å². The van der Waals surface area contributed by atoms with E-state index in [-0.39, 0.29) is 23.3 Å². The number of carbonyl (C=O) groups excluding carboxylic acids is 1. The number of hydrogen-bond donors (Lipinski definition) is 3. The molecule has 3 N–H and O–H groups in total. The van der Waals surface area contributed by atoms with Crippen molar-refractivity contribution in [3.05, 3.63) is 29.8 Å². The van der Waals surface area contributed by atoms with E-state index in [4.69, 9.17) is 4.74 Å². The maximum absolute atomic E-state index is 13.3. The van der Waals surface area contributed by atoms with E-state index < -0.39 is 11.9 Å². The van der Waals surface area contributed by atoms with Gasteiger partial charge in [-0.1, -0.05) is 0 Å². The number of aliphatic hydroxyl groups excluding tert-OH is 1. The number of halogens is 1. The summed E-state index contributed by atoms with van der Waals surface area (Å²) in [5.41, 5.74) is 0.0132. The lowest BCUT2D eigenvalue weighted by atomic mass is 9.79. The number of alkyl carbamates (subject to hydrolysis) is 1. The van der Waals surface area contributed by atoms with Crippen LogP contribution in [0.1, 0.15) is 78.4 Å². The lowest BCUT2D eigenvalue weighted by Gasteiger charge is -2.35. The molecule has 1 fully saturated rings. The van der Waals surface area contributed by atoms with Crippen LogP contribution < -0.4 is 10.6 Å². The number of nitrogens with one attached hydrogen (secondary N) is 2. The fourth-order valence-corrected chi connectivity index (χ4v) is 3.84. The summed E-state index contributed by atoms with van der Waals surface area (Å²) in [7, 11) is 0. The molecule has 0 unspecified atom stereocenters. The lowest BCUT2D eigenvalue weighted by molar-refractivity contribution is 0.0547. The number of β-amino-alcohol motifs (C(OH)–C–C–N with tert-alkyl or cyclic N) is 1. The second-order valence-corrected chi connectivity index (χ2v) is 9.84. The Morgan fingerprint density at radius 2 is 1.90 bits per heavy atom. The van der Waals surface area contributed by atoms with Crippen LogP contribution >= 0.6 is 0 Å². The van der Waals surface area contributed by atoms with Crippen LogP contribution in [0.4, 0.5) is 9.18 Å². The Morgan fingerprint density at radius 1 is 1.24 bits per heavy atom. The van der Waals surface area contributed by atoms with Crippen molar-refractivity contribution in [2.24, 2.45) is 5.92 Å². The van der Waals surface area contributed by atoms with Gasteiger partial charge >= 0.3 is 6.09 Å². The molecule has 1 aromatic rings. The largest absolute Gasteiger partial charge is 0.446 e. The SMILES string of the molecule is CC(C)(C)NC(=O)OC1CCC(CC(C)(C)NC[C@H](O)c2cncc(F)c2)CC1. The molecule has 1 aliphatic rings. The van der Waals surface area contributed by atoms with E-state index >= 15 is 0 Å². The smallest absolute Gasteiger partial charge is 0.407 e. The molecule has 0 radical (unpaired) electrons. The molecule has 1 amide bonds. The van der Waals surface area contributed by atoms with Crippen LogP contribution in [0.2, 0.25) is 0 Å². The summed E-state index contributed by atoms with van der Waals surface area (Å²) in [6.45, 7) is 10.4. The number of carbonyl (C=O) groups is 1. The van der Waals surface area contributed by atoms with Gasteiger partial charge in [-0.2, -0.15) is 0 Å². The van der Waals surface area contributed by atoms with Crippen molar-refractivity contribution in [3.8, 4) is 0 Å². The average molecular weight is 410 g/mol. The van der Waals surface area contributed by atoms with Gasteiger partial charge in [0.1, 0.15) is 11.9 Å². The normalized spacial score (nSPS) is 21.5. The minimum absolute atomic E-state index is 0.0213. The second-order valence-electron chi connectivity index (χ2n) is 9.84. The van der Waals surface area contributed by atoms with Crippen LogP contribution in [0.5, 0.6) is 0 Å². The van der Waals surface area contributed by atoms with Gasteiger partial charge in [-0.25, -0.2) is 9.18 Å². The molecule has 29 heavy (non-hydrogen) atoms. The summed E-state index contributed by atoms with van der Waals surface area (Å²) in [4.78, 5) is 15.7. The molecule has 1 aromatic heterocycles. The Morgan fingerprint density at radius 3 is 2.48 bits per heavy atom. The van der Waals surface area contributed by atoms with Gasteiger partial charge < -0.3 is 20.5 Å². The van der Waals surface area contributed by atoms with Crippen molar-refractivity contribution in [1.82, 2.24) is 15.6 Å². The molecule has 164 valence electrons. The number of nitrogens with zero attached hydrogens (tertiary/aromatic N) is 1. The zero-order valence-electron chi connectivity index (χ0n) is 18.3. The molecule has 1 atom stereocenters. The van der Waals surface area contributed by atoms with Gasteiger partial charge in [0.05, 0.1) is 12.3 Å². The fraction of sp³-hybridized carbons (Fsp3) is 0.727. The van der Waals surface area contributed by atoms with Crippen molar-refractivity contribution >= 4 is 6.09 Å². The van der Waals surface area contributed by atoms with E-state index in [1.807, 2.05) is 20.8 Å². The highest BCUT2D eigenvalue weighted by molar-refractivity contribution is 5.68. The van der Waals surface area contributed by atoms with Gasteiger partial charge in [0.25, 0.3) is 0 Å². The van der Waals surface area contributed by atoms with E-state index in [1.165, 1.54) is 12.3 Å². The summed E-state index contributed by atoms with van der Waals surface area (Å²) in [6, 6.07) is 1.31. The van der Waals surface area contributed by atoms with Crippen LogP contribution in [0, 0.1) is 11.7 Å². The number of ether oxygens (including phenoxy) is 1. The minimum atomic E-state index is -0.803. The zero-order chi connectivity index (χ0) is 21.7. The Labute approximate surface area is 173 Å². The highest BCUT2D eigenvalue weighted by Gasteiger charge is 2.29. The van der Waals surface area contributed by atoms with Gasteiger partial charge in [0.15, 0.2) is 0 Å². The maximum Gasteiger partial charge on any atom is 0.407 e. The predicted octanol–water partition coefficient (Wildman–Crippen LogP) is 4.10. The van der Waals surface area contributed by atoms with Gasteiger partial charge in [-0.05, 0) is 78.7 Å². The molecule has 0 spiro atoms. The molecule has 6 nitrogen and oxygen atoms in total. The molecule has 1 saturated carbocycles. The Bertz CT molecular complexity index is 668. The molecule has 1 heterocycles. The first kappa shape index (κ1) is 23.5. The van der Waals surface area contributed by atoms with E-state index in [1.54, 1.807) is 0 Å². The number of pyridine rings is 1. The topological polar surface area (TPSA) is 83.5 Å². The molecule has 1 aliphatic carbocycles. The van der Waals surface area contributed by atoms with Crippen LogP contribution in [-0.2, 0) is 4.74 Å². The van der Waals surface area contributed by atoms with Gasteiger partial charge in [-0.15, -0.1) is 0 Å². The Kier molecular flexibility index (Phi) is 8.00. The third-order valence-corrected chi connectivity index (χ3v) is 5.23. The van der Waals surface area contributed by atoms with Gasteiger partial charge in [0, 0.05) is 29.4 Å². The first-order valence-corrected chi connectivity index (χ1v) is 10.5. The molecular weight excluding hydrogens is 373 g/mol. The van der Waals surface area contributed by atoms with Crippen molar-refractivity contribution in [2.75, 3.05) is 6.54 Å². The van der Waals surface area contributed by atoms with Crippen molar-refractivity contribution in [3.63, 3.8) is 0 Å². The highest BCUT2D eigenvalue weighted by Crippen LogP contribution is 2.32. The number of rotatable bonds is 7. The molecule has 7 heteroatoms. The molecular formula is C22H36FN3O3. The number of hydrogen-bond acceptors (Lipinski definition) is 5. The van der Waals surface area contributed by atoms with E-state index in [0.717, 1.165) is 38.3 Å². The minimum Gasteiger partial charge on any atom is -0.446 e. The van der Waals surface area contributed by atoms with Crippen LogP contribution in [0.15, 0.2) is 18.5 Å². The van der Waals surface area contributed by atoms with Gasteiger partial charge in [-0.3, -0.25) is 4.98 Å². The average Bonchev–Trinajstić information content (AvgIpc) is 2.59. The predicted molar refractivity (Wildman–Crippen MR) is 111 cm³/mol. The van der Waals surface area contributed by atoms with Gasteiger partial charge in [0.2, 0.25) is 0 Å². The van der Waals surface area contributed by atoms with E-state index in [0.29, 0.717) is 18.0 Å². The van der Waals surface area contributed by atoms with E-state index in [9.17, 15) is 14.3 Å². The molecule has 0 aliphatic heterocycles. The van der Waals surface area contributed by atoms with Crippen LogP contribution in [-0.4, -0.2) is 39.9 Å². The lowest BCUT2D eigenvalue weighted by Crippen LogP contribution is -2.44. The van der Waals surface area contributed by atoms with Crippen LogP contribution in [0.3, 0.4) is 0 Å². The quantitative estimate of drug-likeness (QED) is 0.632. The van der Waals surface area contributed by atoms with Crippen molar-refractivity contribution in [2.45, 2.75) is 90.0 Å². The maximum atomic E-state index is 13.3. The molecule has 0 bridgehead atoms. The number of amides is 1. The first-order valence-electron chi connectivity index (χ1n) is 10.5. The summed E-state index contributed by atoms with van der Waals surface area (Å²) >= 11 is 0. The molecule has 0 aromatic carbocycles. The van der Waals surface area contributed by atoms with Crippen molar-refractivity contribution < 1.29 is 19.0 Å². The molecule has 2 rings (SSSR count). The Hall–Kier alpha value is -1.73.